The monoisotopic (exact) mass is 629 g/mol. The number of benzene rings is 3. The number of anilines is 1. The molecule has 4 rings (SSSR count). The minimum absolute atomic E-state index is 0.0431. The van der Waals surface area contributed by atoms with Crippen LogP contribution in [0.2, 0.25) is 0 Å². The Morgan fingerprint density at radius 2 is 1.70 bits per heavy atom. The molecule has 1 aliphatic rings. The molecule has 240 valence electrons. The molecule has 2 atom stereocenters. The van der Waals surface area contributed by atoms with E-state index in [1.165, 1.54) is 0 Å². The lowest BCUT2D eigenvalue weighted by Crippen LogP contribution is -2.51. The highest BCUT2D eigenvalue weighted by Gasteiger charge is 2.28. The van der Waals surface area contributed by atoms with E-state index in [0.29, 0.717) is 23.5 Å². The predicted octanol–water partition coefficient (Wildman–Crippen LogP) is 2.04. The van der Waals surface area contributed by atoms with E-state index in [-0.39, 0.29) is 44.2 Å². The van der Waals surface area contributed by atoms with Crippen molar-refractivity contribution >= 4 is 41.2 Å². The molecule has 0 saturated heterocycles. The lowest BCUT2D eigenvalue weighted by atomic mass is 10.0. The molecule has 6 N–H and O–H groups in total. The van der Waals surface area contributed by atoms with Crippen LogP contribution in [-0.4, -0.2) is 59.4 Å². The first-order chi connectivity index (χ1) is 22.0. The first-order valence-corrected chi connectivity index (χ1v) is 14.5. The number of carboxylic acid groups (broad SMARTS) is 1. The van der Waals surface area contributed by atoms with Crippen LogP contribution in [0.3, 0.4) is 0 Å². The molecule has 0 fully saturated rings. The zero-order valence-corrected chi connectivity index (χ0v) is 25.2. The van der Waals surface area contributed by atoms with Crippen LogP contribution >= 0.6 is 0 Å². The predicted molar refractivity (Wildman–Crippen MR) is 167 cm³/mol. The average Bonchev–Trinajstić information content (AvgIpc) is 3.02. The molecular weight excluding hydrogens is 594 g/mol. The van der Waals surface area contributed by atoms with E-state index in [1.807, 2.05) is 42.5 Å². The Balaban J connectivity index is 1.46. The van der Waals surface area contributed by atoms with Gasteiger partial charge in [-0.3, -0.25) is 24.6 Å². The third-order valence-corrected chi connectivity index (χ3v) is 7.23. The fraction of sp³-hybridized carbons (Fsp3) is 0.273. The van der Waals surface area contributed by atoms with E-state index in [9.17, 15) is 29.1 Å². The minimum Gasteiger partial charge on any atom is -0.482 e. The van der Waals surface area contributed by atoms with Crippen LogP contribution in [0.15, 0.2) is 72.8 Å². The van der Waals surface area contributed by atoms with Gasteiger partial charge in [-0.1, -0.05) is 60.7 Å². The molecule has 46 heavy (non-hydrogen) atoms. The smallest absolute Gasteiger partial charge is 0.326 e. The van der Waals surface area contributed by atoms with Crippen LogP contribution in [0.1, 0.15) is 42.0 Å². The Bertz CT molecular complexity index is 1610. The van der Waals surface area contributed by atoms with Gasteiger partial charge in [-0.25, -0.2) is 4.79 Å². The van der Waals surface area contributed by atoms with Crippen LogP contribution < -0.4 is 26.0 Å². The second kappa shape index (κ2) is 15.4. The summed E-state index contributed by atoms with van der Waals surface area (Å²) in [5.41, 5.74) is 9.15. The van der Waals surface area contributed by atoms with E-state index in [0.717, 1.165) is 23.6 Å². The molecule has 0 spiro atoms. The summed E-state index contributed by atoms with van der Waals surface area (Å²) in [7, 11) is 0. The van der Waals surface area contributed by atoms with E-state index in [1.54, 1.807) is 35.2 Å². The number of amides is 2. The Hall–Kier alpha value is -5.56. The summed E-state index contributed by atoms with van der Waals surface area (Å²) >= 11 is 0. The molecule has 13 heteroatoms. The van der Waals surface area contributed by atoms with Gasteiger partial charge in [0.25, 0.3) is 5.91 Å². The number of fused-ring (bicyclic) bond motifs is 1. The Labute approximate surface area is 265 Å². The zero-order valence-electron chi connectivity index (χ0n) is 25.2. The maximum Gasteiger partial charge on any atom is 0.326 e. The van der Waals surface area contributed by atoms with Crippen LogP contribution in [0.25, 0.3) is 0 Å². The highest BCUT2D eigenvalue weighted by molar-refractivity contribution is 5.98. The van der Waals surface area contributed by atoms with Crippen molar-refractivity contribution in [3.05, 3.63) is 95.1 Å². The number of hydrogen-bond acceptors (Lipinski definition) is 9. The van der Waals surface area contributed by atoms with Crippen molar-refractivity contribution in [1.82, 2.24) is 10.6 Å². The first kappa shape index (κ1) is 33.3. The molecule has 1 aliphatic heterocycles. The van der Waals surface area contributed by atoms with Crippen molar-refractivity contribution in [3.63, 3.8) is 0 Å². The number of amidine groups is 1. The summed E-state index contributed by atoms with van der Waals surface area (Å²) in [6.45, 7) is 1.42. The van der Waals surface area contributed by atoms with Gasteiger partial charge in [0.15, 0.2) is 6.61 Å². The van der Waals surface area contributed by atoms with E-state index in [2.05, 4.69) is 15.4 Å². The van der Waals surface area contributed by atoms with Gasteiger partial charge in [-0.15, -0.1) is 0 Å². The summed E-state index contributed by atoms with van der Waals surface area (Å²) in [5.74, 6) is -3.37. The number of esters is 2. The number of carbonyl (C=O) groups is 5. The molecule has 0 bridgehead atoms. The maximum atomic E-state index is 13.4. The molecule has 2 amide bonds. The summed E-state index contributed by atoms with van der Waals surface area (Å²) in [6, 6.07) is 19.4. The van der Waals surface area contributed by atoms with Gasteiger partial charge in [-0.05, 0) is 41.7 Å². The van der Waals surface area contributed by atoms with Crippen molar-refractivity contribution in [3.8, 4) is 5.75 Å². The quantitative estimate of drug-likeness (QED) is 0.0760. The van der Waals surface area contributed by atoms with Crippen LogP contribution in [0.5, 0.6) is 5.75 Å². The van der Waals surface area contributed by atoms with Crippen LogP contribution in [-0.2, 0) is 48.2 Å². The number of carbonyl (C=O) groups excluding carboxylic acids is 4. The Kier molecular flexibility index (Phi) is 11.2. The number of nitrogens with zero attached hydrogens (tertiary/aromatic N) is 1. The number of ether oxygens (including phenoxy) is 2. The molecule has 0 radical (unpaired) electrons. The van der Waals surface area contributed by atoms with Crippen molar-refractivity contribution in [1.29, 1.82) is 5.41 Å². The molecule has 0 aromatic heterocycles. The van der Waals surface area contributed by atoms with Crippen molar-refractivity contribution in [2.24, 2.45) is 5.73 Å². The van der Waals surface area contributed by atoms with Crippen molar-refractivity contribution in [2.45, 2.75) is 51.4 Å². The third-order valence-electron chi connectivity index (χ3n) is 7.23. The van der Waals surface area contributed by atoms with Gasteiger partial charge in [-0.2, -0.15) is 0 Å². The Morgan fingerprint density at radius 1 is 1.00 bits per heavy atom. The Morgan fingerprint density at radius 3 is 2.35 bits per heavy atom. The third kappa shape index (κ3) is 9.22. The number of nitrogens with two attached hydrogens (primary N) is 1. The molecule has 0 aliphatic carbocycles. The van der Waals surface area contributed by atoms with Crippen molar-refractivity contribution in [2.75, 3.05) is 11.5 Å². The number of nitrogens with one attached hydrogen (secondary N) is 3. The fourth-order valence-corrected chi connectivity index (χ4v) is 4.86. The number of carboxylic acids is 1. The lowest BCUT2D eigenvalue weighted by molar-refractivity contribution is -0.158. The molecule has 1 heterocycles. The van der Waals surface area contributed by atoms with Gasteiger partial charge in [0.1, 0.15) is 17.6 Å². The van der Waals surface area contributed by atoms with Gasteiger partial charge in [0, 0.05) is 25.5 Å². The number of rotatable bonds is 14. The van der Waals surface area contributed by atoms with E-state index >= 15 is 0 Å². The van der Waals surface area contributed by atoms with Gasteiger partial charge in [0.05, 0.1) is 18.3 Å². The first-order valence-electron chi connectivity index (χ1n) is 14.5. The largest absolute Gasteiger partial charge is 0.482 e. The van der Waals surface area contributed by atoms with E-state index < -0.39 is 35.9 Å². The van der Waals surface area contributed by atoms with Gasteiger partial charge >= 0.3 is 17.9 Å². The molecule has 13 nitrogen and oxygen atoms in total. The highest BCUT2D eigenvalue weighted by Crippen LogP contribution is 2.34. The lowest BCUT2D eigenvalue weighted by Gasteiger charge is -2.30. The summed E-state index contributed by atoms with van der Waals surface area (Å²) < 4.78 is 10.2. The SMILES string of the molecule is CC(=O)OC(=O)CC[C@H](NC(=O)[C@H](Cc1ccccc1)NCc1ccc2c(c1)OCC(=O)N2Cc1ccc(C(=N)N)cc1)C(=O)O. The second-order valence-corrected chi connectivity index (χ2v) is 10.7. The number of aliphatic carboxylic acids is 1. The van der Waals surface area contributed by atoms with Gasteiger partial charge in [0.2, 0.25) is 5.91 Å². The van der Waals surface area contributed by atoms with Gasteiger partial charge < -0.3 is 35.8 Å². The summed E-state index contributed by atoms with van der Waals surface area (Å²) in [5, 5.41) is 22.9. The number of hydrogen-bond donors (Lipinski definition) is 5. The molecule has 3 aromatic carbocycles. The summed E-state index contributed by atoms with van der Waals surface area (Å²) in [4.78, 5) is 62.4. The van der Waals surface area contributed by atoms with Crippen molar-refractivity contribution < 1.29 is 38.6 Å². The van der Waals surface area contributed by atoms with Crippen LogP contribution in [0.4, 0.5) is 5.69 Å². The van der Waals surface area contributed by atoms with Crippen LogP contribution in [0, 0.1) is 5.41 Å². The minimum atomic E-state index is -1.38. The highest BCUT2D eigenvalue weighted by atomic mass is 16.6. The zero-order chi connectivity index (χ0) is 33.2. The number of nitrogen functional groups attached to an aromatic ring is 1. The van der Waals surface area contributed by atoms with E-state index in [4.69, 9.17) is 15.9 Å². The average molecular weight is 630 g/mol. The molecule has 3 aromatic rings. The maximum absolute atomic E-state index is 13.4. The normalized spacial score (nSPS) is 13.5. The fourth-order valence-electron chi connectivity index (χ4n) is 4.86. The second-order valence-electron chi connectivity index (χ2n) is 10.7. The molecule has 0 saturated carbocycles. The topological polar surface area (TPSA) is 201 Å². The molecular formula is C33H35N5O8. The summed E-state index contributed by atoms with van der Waals surface area (Å²) in [6.07, 6.45) is -0.382. The standard InChI is InChI=1S/C33H35N5O8/c1-20(39)46-30(41)14-12-25(33(43)44)37-32(42)26(15-21-5-3-2-4-6-21)36-17-23-9-13-27-28(16-23)45-19-29(40)38(27)18-22-7-10-24(11-8-22)31(34)35/h2-11,13,16,25-26,36H,12,14-15,17-19H2,1H3,(H3,34,35)(H,37,42)(H,43,44)/t25-,26-/m0/s1. The molecule has 0 unspecified atom stereocenters.